The molecule has 0 aliphatic rings. The van der Waals surface area contributed by atoms with Gasteiger partial charge >= 0.3 is 0 Å². The van der Waals surface area contributed by atoms with Crippen molar-refractivity contribution in [2.24, 2.45) is 0 Å². The van der Waals surface area contributed by atoms with Crippen molar-refractivity contribution in [3.05, 3.63) is 47.1 Å². The van der Waals surface area contributed by atoms with Crippen LogP contribution in [0.3, 0.4) is 0 Å². The molecule has 0 aliphatic heterocycles. The van der Waals surface area contributed by atoms with Crippen LogP contribution in [0.1, 0.15) is 18.9 Å². The molecule has 0 saturated heterocycles. The van der Waals surface area contributed by atoms with E-state index < -0.39 is 0 Å². The summed E-state index contributed by atoms with van der Waals surface area (Å²) < 4.78 is 0. The summed E-state index contributed by atoms with van der Waals surface area (Å²) in [5.41, 5.74) is 2.40. The summed E-state index contributed by atoms with van der Waals surface area (Å²) in [6.45, 7) is 2.87. The second kappa shape index (κ2) is 6.21. The number of pyridine rings is 1. The van der Waals surface area contributed by atoms with Crippen LogP contribution in [-0.4, -0.2) is 11.5 Å². The van der Waals surface area contributed by atoms with Crippen molar-refractivity contribution in [2.45, 2.75) is 13.3 Å². The molecule has 0 atom stereocenters. The van der Waals surface area contributed by atoms with Crippen LogP contribution in [-0.2, 0) is 0 Å². The Kier molecular flexibility index (Phi) is 4.38. The molecule has 1 aromatic carbocycles. The second-order valence-corrected chi connectivity index (χ2v) is 4.56. The summed E-state index contributed by atoms with van der Waals surface area (Å²) in [5.74, 6) is 0.636. The molecule has 0 unspecified atom stereocenters. The number of anilines is 1. The third-order valence-corrected chi connectivity index (χ3v) is 3.01. The number of hydrogen-bond donors (Lipinski definition) is 1. The first-order valence-electron chi connectivity index (χ1n) is 6.15. The van der Waals surface area contributed by atoms with Gasteiger partial charge in [-0.1, -0.05) is 30.7 Å². The number of rotatable bonds is 4. The number of aromatic nitrogens is 1. The van der Waals surface area contributed by atoms with Gasteiger partial charge in [0.15, 0.2) is 0 Å². The van der Waals surface area contributed by atoms with Gasteiger partial charge in [0.1, 0.15) is 17.5 Å². The summed E-state index contributed by atoms with van der Waals surface area (Å²) in [5, 5.41) is 13.2. The summed E-state index contributed by atoms with van der Waals surface area (Å²) in [4.78, 5) is 4.23. The Labute approximate surface area is 117 Å². The molecule has 19 heavy (non-hydrogen) atoms. The summed E-state index contributed by atoms with van der Waals surface area (Å²) in [7, 11) is 0. The Bertz CT molecular complexity index is 600. The molecular formula is C15H14ClN3. The second-order valence-electron chi connectivity index (χ2n) is 4.13. The van der Waals surface area contributed by atoms with Crippen molar-refractivity contribution in [3.8, 4) is 17.2 Å². The predicted molar refractivity (Wildman–Crippen MR) is 78.2 cm³/mol. The van der Waals surface area contributed by atoms with E-state index in [9.17, 15) is 5.26 Å². The molecule has 0 spiro atoms. The van der Waals surface area contributed by atoms with Crippen LogP contribution in [0, 0.1) is 11.3 Å². The first-order chi connectivity index (χ1) is 9.26. The van der Waals surface area contributed by atoms with Crippen LogP contribution in [0.4, 0.5) is 5.82 Å². The number of halogens is 1. The lowest BCUT2D eigenvalue weighted by Gasteiger charge is -2.10. The zero-order valence-corrected chi connectivity index (χ0v) is 11.4. The first kappa shape index (κ1) is 13.4. The zero-order valence-electron chi connectivity index (χ0n) is 10.7. The molecule has 0 bridgehead atoms. The highest BCUT2D eigenvalue weighted by atomic mass is 35.5. The average Bonchev–Trinajstić information content (AvgIpc) is 2.45. The largest absolute Gasteiger partial charge is 0.369 e. The first-order valence-corrected chi connectivity index (χ1v) is 6.53. The fraction of sp³-hybridized carbons (Fsp3) is 0.200. The molecule has 1 N–H and O–H groups in total. The lowest BCUT2D eigenvalue weighted by molar-refractivity contribution is 0.968. The summed E-state index contributed by atoms with van der Waals surface area (Å²) >= 11 is 5.88. The molecule has 96 valence electrons. The van der Waals surface area contributed by atoms with Crippen LogP contribution in [0.2, 0.25) is 5.02 Å². The quantitative estimate of drug-likeness (QED) is 0.911. The lowest BCUT2D eigenvalue weighted by Crippen LogP contribution is -2.04. The fourth-order valence-electron chi connectivity index (χ4n) is 1.82. The summed E-state index contributed by atoms with van der Waals surface area (Å²) in [6.07, 6.45) is 2.69. The third kappa shape index (κ3) is 3.04. The standard InChI is InChI=1S/C15H14ClN3/c1-2-8-18-15-14(10-17)13(7-9-19-15)11-3-5-12(16)6-4-11/h3-7,9H,2,8H2,1H3,(H,18,19). The Morgan fingerprint density at radius 3 is 2.63 bits per heavy atom. The number of hydrogen-bond acceptors (Lipinski definition) is 3. The molecule has 0 amide bonds. The van der Waals surface area contributed by atoms with Gasteiger partial charge in [-0.05, 0) is 30.2 Å². The Morgan fingerprint density at radius 1 is 1.26 bits per heavy atom. The minimum Gasteiger partial charge on any atom is -0.369 e. The molecule has 2 aromatic rings. The van der Waals surface area contributed by atoms with Crippen LogP contribution >= 0.6 is 11.6 Å². The van der Waals surface area contributed by atoms with Gasteiger partial charge in [0.2, 0.25) is 0 Å². The molecule has 3 nitrogen and oxygen atoms in total. The van der Waals surface area contributed by atoms with Crippen molar-refractivity contribution in [1.82, 2.24) is 4.98 Å². The highest BCUT2D eigenvalue weighted by Crippen LogP contribution is 2.28. The molecular weight excluding hydrogens is 258 g/mol. The maximum atomic E-state index is 9.36. The molecule has 0 saturated carbocycles. The van der Waals surface area contributed by atoms with Crippen molar-refractivity contribution in [2.75, 3.05) is 11.9 Å². The van der Waals surface area contributed by atoms with E-state index in [1.165, 1.54) is 0 Å². The smallest absolute Gasteiger partial charge is 0.144 e. The Morgan fingerprint density at radius 2 is 2.00 bits per heavy atom. The van der Waals surface area contributed by atoms with E-state index >= 15 is 0 Å². The molecule has 2 rings (SSSR count). The molecule has 0 radical (unpaired) electrons. The van der Waals surface area contributed by atoms with Gasteiger partial charge in [-0.2, -0.15) is 5.26 Å². The SMILES string of the molecule is CCCNc1nccc(-c2ccc(Cl)cc2)c1C#N. The van der Waals surface area contributed by atoms with Gasteiger partial charge in [0, 0.05) is 23.3 Å². The van der Waals surface area contributed by atoms with Crippen LogP contribution in [0.15, 0.2) is 36.5 Å². The highest BCUT2D eigenvalue weighted by molar-refractivity contribution is 6.30. The van der Waals surface area contributed by atoms with Crippen molar-refractivity contribution < 1.29 is 0 Å². The van der Waals surface area contributed by atoms with Crippen LogP contribution in [0.25, 0.3) is 11.1 Å². The van der Waals surface area contributed by atoms with Crippen molar-refractivity contribution >= 4 is 17.4 Å². The van der Waals surface area contributed by atoms with Crippen LogP contribution in [0.5, 0.6) is 0 Å². The highest BCUT2D eigenvalue weighted by Gasteiger charge is 2.10. The van der Waals surface area contributed by atoms with Crippen LogP contribution < -0.4 is 5.32 Å². The average molecular weight is 272 g/mol. The van der Waals surface area contributed by atoms with E-state index in [2.05, 4.69) is 23.3 Å². The van der Waals surface area contributed by atoms with Gasteiger partial charge < -0.3 is 5.32 Å². The lowest BCUT2D eigenvalue weighted by atomic mass is 10.0. The number of nitrogens with one attached hydrogen (secondary N) is 1. The van der Waals surface area contributed by atoms with E-state index in [1.807, 2.05) is 30.3 Å². The molecule has 0 aliphatic carbocycles. The molecule has 4 heteroatoms. The van der Waals surface area contributed by atoms with E-state index in [4.69, 9.17) is 11.6 Å². The molecule has 0 fully saturated rings. The van der Waals surface area contributed by atoms with Gasteiger partial charge in [0.25, 0.3) is 0 Å². The maximum absolute atomic E-state index is 9.36. The minimum atomic E-state index is 0.568. The van der Waals surface area contributed by atoms with Gasteiger partial charge in [-0.25, -0.2) is 4.98 Å². The monoisotopic (exact) mass is 271 g/mol. The fourth-order valence-corrected chi connectivity index (χ4v) is 1.95. The van der Waals surface area contributed by atoms with Crippen molar-refractivity contribution in [1.29, 1.82) is 5.26 Å². The third-order valence-electron chi connectivity index (χ3n) is 2.76. The predicted octanol–water partition coefficient (Wildman–Crippen LogP) is 4.10. The normalized spacial score (nSPS) is 9.95. The van der Waals surface area contributed by atoms with Gasteiger partial charge in [-0.15, -0.1) is 0 Å². The van der Waals surface area contributed by atoms with E-state index in [0.29, 0.717) is 16.4 Å². The number of nitriles is 1. The topological polar surface area (TPSA) is 48.7 Å². The summed E-state index contributed by atoms with van der Waals surface area (Å²) in [6, 6.07) is 11.5. The van der Waals surface area contributed by atoms with E-state index in [-0.39, 0.29) is 0 Å². The minimum absolute atomic E-state index is 0.568. The van der Waals surface area contributed by atoms with E-state index in [0.717, 1.165) is 24.1 Å². The van der Waals surface area contributed by atoms with Gasteiger partial charge in [0.05, 0.1) is 0 Å². The Hall–Kier alpha value is -2.05. The zero-order chi connectivity index (χ0) is 13.7. The number of nitrogens with zero attached hydrogens (tertiary/aromatic N) is 2. The Balaban J connectivity index is 2.46. The maximum Gasteiger partial charge on any atom is 0.144 e. The van der Waals surface area contributed by atoms with E-state index in [1.54, 1.807) is 6.20 Å². The van der Waals surface area contributed by atoms with Crippen molar-refractivity contribution in [3.63, 3.8) is 0 Å². The van der Waals surface area contributed by atoms with Gasteiger partial charge in [-0.3, -0.25) is 0 Å². The molecule has 1 heterocycles. The molecule has 1 aromatic heterocycles. The number of benzene rings is 1.